The third-order valence-electron chi connectivity index (χ3n) is 4.96. The maximum absolute atomic E-state index is 12.2. The Balaban J connectivity index is 1.79. The number of carbonyl (C=O) groups is 1. The van der Waals surface area contributed by atoms with Crippen LogP contribution in [0.3, 0.4) is 0 Å². The van der Waals surface area contributed by atoms with E-state index in [0.717, 1.165) is 25.7 Å². The molecule has 0 unspecified atom stereocenters. The Morgan fingerprint density at radius 3 is 2.62 bits per heavy atom. The van der Waals surface area contributed by atoms with Crippen molar-refractivity contribution in [2.24, 2.45) is 0 Å². The lowest BCUT2D eigenvalue weighted by molar-refractivity contribution is -0.134. The van der Waals surface area contributed by atoms with E-state index in [2.05, 4.69) is 6.92 Å². The third kappa shape index (κ3) is 4.92. The molecule has 0 fully saturated rings. The summed E-state index contributed by atoms with van der Waals surface area (Å²) in [7, 11) is 0. The minimum Gasteiger partial charge on any atom is -0.508 e. The minimum absolute atomic E-state index is 0.124. The Kier molecular flexibility index (Phi) is 6.49. The molecule has 0 saturated heterocycles. The summed E-state index contributed by atoms with van der Waals surface area (Å²) in [5.41, 5.74) is 0.965. The normalized spacial score (nSPS) is 18.0. The fourth-order valence-corrected chi connectivity index (χ4v) is 3.41. The lowest BCUT2D eigenvalue weighted by atomic mass is 9.94. The van der Waals surface area contributed by atoms with Crippen molar-refractivity contribution in [1.82, 2.24) is 0 Å². The second-order valence-corrected chi connectivity index (χ2v) is 7.26. The second kappa shape index (κ2) is 9.05. The van der Waals surface area contributed by atoms with E-state index in [0.29, 0.717) is 16.9 Å². The minimum atomic E-state index is -0.974. The lowest BCUT2D eigenvalue weighted by Crippen LogP contribution is -2.30. The quantitative estimate of drug-likeness (QED) is 0.241. The van der Waals surface area contributed by atoms with Gasteiger partial charge in [-0.2, -0.15) is 0 Å². The SMILES string of the molecule is CCCCCCC(=O)Oc1cc(O)cc2c1C[C@H](O)[C@H](c1ccc(O)c(O)c1)O2. The van der Waals surface area contributed by atoms with Crippen LogP contribution >= 0.6 is 0 Å². The Hall–Kier alpha value is -2.93. The first-order valence-corrected chi connectivity index (χ1v) is 9.82. The topological polar surface area (TPSA) is 116 Å². The van der Waals surface area contributed by atoms with Crippen LogP contribution in [-0.4, -0.2) is 32.5 Å². The number of unbranched alkanes of at least 4 members (excludes halogenated alkanes) is 3. The molecule has 1 aliphatic heterocycles. The van der Waals surface area contributed by atoms with Crippen molar-refractivity contribution in [2.75, 3.05) is 0 Å². The van der Waals surface area contributed by atoms with Gasteiger partial charge in [0.05, 0.1) is 6.10 Å². The van der Waals surface area contributed by atoms with Crippen LogP contribution in [0.5, 0.6) is 28.7 Å². The summed E-state index contributed by atoms with van der Waals surface area (Å²) in [4.78, 5) is 12.2. The maximum Gasteiger partial charge on any atom is 0.311 e. The van der Waals surface area contributed by atoms with Crippen molar-refractivity contribution >= 4 is 5.97 Å². The standard InChI is InChI=1S/C22H26O7/c1-2-3-4-5-6-21(27)28-19-10-14(23)11-20-15(19)12-18(26)22(29-20)13-7-8-16(24)17(25)9-13/h7-11,18,22-26H,2-6,12H2,1H3/t18-,22-/m0/s1. The van der Waals surface area contributed by atoms with Crippen molar-refractivity contribution in [3.8, 4) is 28.7 Å². The lowest BCUT2D eigenvalue weighted by Gasteiger charge is -2.32. The number of aromatic hydroxyl groups is 3. The smallest absolute Gasteiger partial charge is 0.311 e. The largest absolute Gasteiger partial charge is 0.508 e. The number of aliphatic hydroxyl groups is 1. The van der Waals surface area contributed by atoms with Gasteiger partial charge in [-0.1, -0.05) is 32.3 Å². The molecule has 29 heavy (non-hydrogen) atoms. The van der Waals surface area contributed by atoms with Crippen LogP contribution < -0.4 is 9.47 Å². The van der Waals surface area contributed by atoms with Crippen LogP contribution in [0.25, 0.3) is 0 Å². The molecule has 0 spiro atoms. The van der Waals surface area contributed by atoms with Gasteiger partial charge in [0.2, 0.25) is 0 Å². The Labute approximate surface area is 169 Å². The van der Waals surface area contributed by atoms with Gasteiger partial charge in [-0.15, -0.1) is 0 Å². The van der Waals surface area contributed by atoms with E-state index in [9.17, 15) is 25.2 Å². The molecule has 7 nitrogen and oxygen atoms in total. The van der Waals surface area contributed by atoms with Crippen LogP contribution in [0.2, 0.25) is 0 Å². The molecular formula is C22H26O7. The number of benzene rings is 2. The van der Waals surface area contributed by atoms with E-state index >= 15 is 0 Å². The highest BCUT2D eigenvalue weighted by atomic mass is 16.5. The molecule has 0 radical (unpaired) electrons. The third-order valence-corrected chi connectivity index (χ3v) is 4.96. The number of hydrogen-bond acceptors (Lipinski definition) is 7. The number of phenols is 3. The van der Waals surface area contributed by atoms with Gasteiger partial charge in [0, 0.05) is 30.5 Å². The van der Waals surface area contributed by atoms with Gasteiger partial charge in [-0.05, 0) is 24.1 Å². The molecule has 7 heteroatoms. The highest BCUT2D eigenvalue weighted by Gasteiger charge is 2.33. The van der Waals surface area contributed by atoms with Gasteiger partial charge in [0.1, 0.15) is 23.4 Å². The van der Waals surface area contributed by atoms with Crippen LogP contribution in [-0.2, 0) is 11.2 Å². The first-order valence-electron chi connectivity index (χ1n) is 9.82. The number of esters is 1. The van der Waals surface area contributed by atoms with Gasteiger partial charge >= 0.3 is 5.97 Å². The van der Waals surface area contributed by atoms with Crippen LogP contribution in [0.15, 0.2) is 30.3 Å². The predicted molar refractivity (Wildman–Crippen MR) is 105 cm³/mol. The predicted octanol–water partition coefficient (Wildman–Crippen LogP) is 3.72. The zero-order chi connectivity index (χ0) is 21.0. The van der Waals surface area contributed by atoms with E-state index in [1.807, 2.05) is 0 Å². The zero-order valence-corrected chi connectivity index (χ0v) is 16.3. The molecule has 2 aromatic carbocycles. The van der Waals surface area contributed by atoms with Crippen molar-refractivity contribution < 1.29 is 34.7 Å². The van der Waals surface area contributed by atoms with E-state index in [4.69, 9.17) is 9.47 Å². The highest BCUT2D eigenvalue weighted by Crippen LogP contribution is 2.43. The van der Waals surface area contributed by atoms with Crippen molar-refractivity contribution in [2.45, 2.75) is 57.7 Å². The number of hydrogen-bond donors (Lipinski definition) is 4. The highest BCUT2D eigenvalue weighted by molar-refractivity contribution is 5.73. The number of phenolic OH excluding ortho intramolecular Hbond substituents is 3. The Morgan fingerprint density at radius 2 is 1.90 bits per heavy atom. The average Bonchev–Trinajstić information content (AvgIpc) is 2.67. The van der Waals surface area contributed by atoms with Crippen LogP contribution in [0.1, 0.15) is 56.3 Å². The molecule has 2 atom stereocenters. The van der Waals surface area contributed by atoms with Crippen molar-refractivity contribution in [1.29, 1.82) is 0 Å². The zero-order valence-electron chi connectivity index (χ0n) is 16.3. The van der Waals surface area contributed by atoms with Gasteiger partial charge in [0.25, 0.3) is 0 Å². The fourth-order valence-electron chi connectivity index (χ4n) is 3.41. The Morgan fingerprint density at radius 1 is 1.10 bits per heavy atom. The first-order chi connectivity index (χ1) is 13.9. The first kappa shape index (κ1) is 20.8. The molecule has 0 saturated carbocycles. The summed E-state index contributed by atoms with van der Waals surface area (Å²) in [5, 5.41) is 39.8. The molecule has 0 amide bonds. The summed E-state index contributed by atoms with van der Waals surface area (Å²) in [6.45, 7) is 2.09. The van der Waals surface area contributed by atoms with Gasteiger partial charge in [0.15, 0.2) is 11.5 Å². The molecule has 2 aromatic rings. The van der Waals surface area contributed by atoms with E-state index in [1.165, 1.54) is 30.3 Å². The molecule has 0 aliphatic carbocycles. The number of carbonyl (C=O) groups excluding carboxylic acids is 1. The Bertz CT molecular complexity index is 878. The second-order valence-electron chi connectivity index (χ2n) is 7.26. The average molecular weight is 402 g/mol. The molecule has 156 valence electrons. The number of aliphatic hydroxyl groups excluding tert-OH is 1. The maximum atomic E-state index is 12.2. The molecule has 1 aliphatic rings. The van der Waals surface area contributed by atoms with Gasteiger partial charge in [-0.25, -0.2) is 0 Å². The summed E-state index contributed by atoms with van der Waals surface area (Å²) < 4.78 is 11.3. The van der Waals surface area contributed by atoms with E-state index in [1.54, 1.807) is 0 Å². The summed E-state index contributed by atoms with van der Waals surface area (Å²) in [5.74, 6) is -0.647. The molecule has 0 bridgehead atoms. The number of ether oxygens (including phenoxy) is 2. The van der Waals surface area contributed by atoms with Gasteiger partial charge < -0.3 is 29.9 Å². The molecule has 1 heterocycles. The van der Waals surface area contributed by atoms with E-state index < -0.39 is 18.2 Å². The van der Waals surface area contributed by atoms with Crippen LogP contribution in [0.4, 0.5) is 0 Å². The summed E-state index contributed by atoms with van der Waals surface area (Å²) >= 11 is 0. The van der Waals surface area contributed by atoms with E-state index in [-0.39, 0.29) is 35.8 Å². The summed E-state index contributed by atoms with van der Waals surface area (Å²) in [6.07, 6.45) is 2.45. The number of fused-ring (bicyclic) bond motifs is 1. The summed E-state index contributed by atoms with van der Waals surface area (Å²) in [6, 6.07) is 6.89. The van der Waals surface area contributed by atoms with Crippen molar-refractivity contribution in [3.63, 3.8) is 0 Å². The number of rotatable bonds is 7. The van der Waals surface area contributed by atoms with Crippen LogP contribution in [0, 0.1) is 0 Å². The molecule has 3 rings (SSSR count). The van der Waals surface area contributed by atoms with Crippen molar-refractivity contribution in [3.05, 3.63) is 41.5 Å². The molecular weight excluding hydrogens is 376 g/mol. The molecule has 0 aromatic heterocycles. The monoisotopic (exact) mass is 402 g/mol. The fraction of sp³-hybridized carbons (Fsp3) is 0.409. The van der Waals surface area contributed by atoms with Gasteiger partial charge in [-0.3, -0.25) is 4.79 Å². The molecule has 4 N–H and O–H groups in total.